The normalized spacial score (nSPS) is 12.2. The van der Waals surface area contributed by atoms with Crippen LogP contribution in [0.3, 0.4) is 0 Å². The van der Waals surface area contributed by atoms with Crippen LogP contribution in [-0.4, -0.2) is 0 Å². The zero-order valence-corrected chi connectivity index (χ0v) is 8.32. The lowest BCUT2D eigenvalue weighted by Crippen LogP contribution is -2.12. The van der Waals surface area contributed by atoms with Gasteiger partial charge in [-0.2, -0.15) is 13.2 Å². The van der Waals surface area contributed by atoms with Crippen molar-refractivity contribution < 1.29 is 17.6 Å². The molecule has 0 heterocycles. The number of halogens is 4. The van der Waals surface area contributed by atoms with Gasteiger partial charge in [0.2, 0.25) is 0 Å². The molecule has 1 aromatic rings. The molecule has 2 N–H and O–H groups in total. The summed E-state index contributed by atoms with van der Waals surface area (Å²) in [6.45, 7) is 3.20. The standard InChI is InChI=1S/C10H11F4N/c1-5(2)6-3-9(15)8(11)4-7(6)10(12,13)14/h3-5H,15H2,1-2H3. The van der Waals surface area contributed by atoms with Crippen LogP contribution in [0.5, 0.6) is 0 Å². The highest BCUT2D eigenvalue weighted by Gasteiger charge is 2.34. The van der Waals surface area contributed by atoms with Crippen LogP contribution in [0.15, 0.2) is 12.1 Å². The van der Waals surface area contributed by atoms with Crippen LogP contribution in [0.25, 0.3) is 0 Å². The van der Waals surface area contributed by atoms with E-state index in [1.54, 1.807) is 13.8 Å². The fourth-order valence-corrected chi connectivity index (χ4v) is 1.33. The third kappa shape index (κ3) is 2.40. The molecule has 0 saturated heterocycles. The summed E-state index contributed by atoms with van der Waals surface area (Å²) in [6, 6.07) is 1.49. The summed E-state index contributed by atoms with van der Waals surface area (Å²) in [5.41, 5.74) is 4.03. The lowest BCUT2D eigenvalue weighted by atomic mass is 9.96. The van der Waals surface area contributed by atoms with E-state index in [-0.39, 0.29) is 17.2 Å². The van der Waals surface area contributed by atoms with Gasteiger partial charge in [-0.05, 0) is 23.6 Å². The molecule has 1 aromatic carbocycles. The van der Waals surface area contributed by atoms with E-state index in [9.17, 15) is 17.6 Å². The molecule has 0 bridgehead atoms. The van der Waals surface area contributed by atoms with Crippen molar-refractivity contribution in [3.63, 3.8) is 0 Å². The molecular weight excluding hydrogens is 210 g/mol. The summed E-state index contributed by atoms with van der Waals surface area (Å²) in [7, 11) is 0. The van der Waals surface area contributed by atoms with Crippen molar-refractivity contribution in [2.45, 2.75) is 25.9 Å². The molecule has 0 aliphatic carbocycles. The van der Waals surface area contributed by atoms with E-state index in [1.807, 2.05) is 0 Å². The zero-order valence-electron chi connectivity index (χ0n) is 8.32. The smallest absolute Gasteiger partial charge is 0.396 e. The molecule has 0 atom stereocenters. The second-order valence-electron chi connectivity index (χ2n) is 3.61. The van der Waals surface area contributed by atoms with Crippen molar-refractivity contribution in [3.05, 3.63) is 29.1 Å². The molecule has 1 rings (SSSR count). The van der Waals surface area contributed by atoms with Gasteiger partial charge >= 0.3 is 6.18 Å². The van der Waals surface area contributed by atoms with Crippen LogP contribution >= 0.6 is 0 Å². The van der Waals surface area contributed by atoms with Crippen molar-refractivity contribution in [2.24, 2.45) is 0 Å². The molecule has 0 fully saturated rings. The summed E-state index contributed by atoms with van der Waals surface area (Å²) in [6.07, 6.45) is -4.55. The van der Waals surface area contributed by atoms with Gasteiger partial charge < -0.3 is 5.73 Å². The third-order valence-corrected chi connectivity index (χ3v) is 2.10. The Labute approximate surface area is 84.9 Å². The first-order valence-corrected chi connectivity index (χ1v) is 4.39. The van der Waals surface area contributed by atoms with E-state index in [1.165, 1.54) is 0 Å². The van der Waals surface area contributed by atoms with Crippen LogP contribution in [0.4, 0.5) is 23.2 Å². The van der Waals surface area contributed by atoms with Crippen LogP contribution < -0.4 is 5.73 Å². The van der Waals surface area contributed by atoms with Crippen molar-refractivity contribution in [3.8, 4) is 0 Å². The number of hydrogen-bond acceptors (Lipinski definition) is 1. The van der Waals surface area contributed by atoms with Gasteiger partial charge in [0.15, 0.2) is 0 Å². The fraction of sp³-hybridized carbons (Fsp3) is 0.400. The summed E-state index contributed by atoms with van der Waals surface area (Å²) in [5.74, 6) is -1.39. The first kappa shape index (κ1) is 11.8. The summed E-state index contributed by atoms with van der Waals surface area (Å²) >= 11 is 0. The predicted octanol–water partition coefficient (Wildman–Crippen LogP) is 3.55. The molecule has 84 valence electrons. The van der Waals surface area contributed by atoms with Gasteiger partial charge in [0.1, 0.15) is 5.82 Å². The number of alkyl halides is 3. The minimum atomic E-state index is -4.55. The molecule has 5 heteroatoms. The Hall–Kier alpha value is -1.26. The van der Waals surface area contributed by atoms with Gasteiger partial charge in [0.05, 0.1) is 11.3 Å². The number of nitrogen functional groups attached to an aromatic ring is 1. The van der Waals surface area contributed by atoms with Crippen LogP contribution in [0.2, 0.25) is 0 Å². The van der Waals surface area contributed by atoms with Gasteiger partial charge in [0.25, 0.3) is 0 Å². The van der Waals surface area contributed by atoms with E-state index in [4.69, 9.17) is 5.73 Å². The van der Waals surface area contributed by atoms with Crippen LogP contribution in [0, 0.1) is 5.82 Å². The lowest BCUT2D eigenvalue weighted by Gasteiger charge is -2.16. The molecule has 0 aliphatic rings. The molecule has 0 saturated carbocycles. The highest BCUT2D eigenvalue weighted by atomic mass is 19.4. The van der Waals surface area contributed by atoms with E-state index in [0.717, 1.165) is 6.07 Å². The lowest BCUT2D eigenvalue weighted by molar-refractivity contribution is -0.138. The highest BCUT2D eigenvalue weighted by molar-refractivity contribution is 5.48. The van der Waals surface area contributed by atoms with Gasteiger partial charge in [-0.1, -0.05) is 13.8 Å². The molecule has 0 aliphatic heterocycles. The van der Waals surface area contributed by atoms with E-state index in [2.05, 4.69) is 0 Å². The van der Waals surface area contributed by atoms with Gasteiger partial charge in [-0.3, -0.25) is 0 Å². The first-order valence-electron chi connectivity index (χ1n) is 4.39. The molecule has 0 spiro atoms. The van der Waals surface area contributed by atoms with Crippen molar-refractivity contribution in [1.82, 2.24) is 0 Å². The Morgan fingerprint density at radius 2 is 1.73 bits per heavy atom. The minimum absolute atomic E-state index is 0.0152. The van der Waals surface area contributed by atoms with E-state index < -0.39 is 17.6 Å². The van der Waals surface area contributed by atoms with Crippen molar-refractivity contribution in [2.75, 3.05) is 5.73 Å². The third-order valence-electron chi connectivity index (χ3n) is 2.10. The van der Waals surface area contributed by atoms with Gasteiger partial charge in [-0.15, -0.1) is 0 Å². The molecule has 15 heavy (non-hydrogen) atoms. The number of benzene rings is 1. The van der Waals surface area contributed by atoms with Gasteiger partial charge in [-0.25, -0.2) is 4.39 Å². The molecule has 0 unspecified atom stereocenters. The Bertz CT molecular complexity index is 368. The quantitative estimate of drug-likeness (QED) is 0.569. The number of rotatable bonds is 1. The number of anilines is 1. The molecule has 0 radical (unpaired) electrons. The Morgan fingerprint density at radius 3 is 2.13 bits per heavy atom. The van der Waals surface area contributed by atoms with E-state index >= 15 is 0 Å². The fourth-order valence-electron chi connectivity index (χ4n) is 1.33. The average molecular weight is 221 g/mol. The topological polar surface area (TPSA) is 26.0 Å². The van der Waals surface area contributed by atoms with Crippen LogP contribution in [-0.2, 0) is 6.18 Å². The Morgan fingerprint density at radius 1 is 1.20 bits per heavy atom. The predicted molar refractivity (Wildman–Crippen MR) is 49.9 cm³/mol. The number of hydrogen-bond donors (Lipinski definition) is 1. The monoisotopic (exact) mass is 221 g/mol. The minimum Gasteiger partial charge on any atom is -0.396 e. The highest BCUT2D eigenvalue weighted by Crippen LogP contribution is 2.36. The zero-order chi connectivity index (χ0) is 11.8. The first-order chi connectivity index (χ1) is 6.73. The SMILES string of the molecule is CC(C)c1cc(N)c(F)cc1C(F)(F)F. The molecule has 0 amide bonds. The summed E-state index contributed by atoms with van der Waals surface area (Å²) in [4.78, 5) is 0. The second-order valence-corrected chi connectivity index (χ2v) is 3.61. The maximum atomic E-state index is 12.9. The van der Waals surface area contributed by atoms with E-state index in [0.29, 0.717) is 6.07 Å². The molecule has 0 aromatic heterocycles. The van der Waals surface area contributed by atoms with Gasteiger partial charge in [0, 0.05) is 0 Å². The largest absolute Gasteiger partial charge is 0.416 e. The Kier molecular flexibility index (Phi) is 2.93. The summed E-state index contributed by atoms with van der Waals surface area (Å²) in [5, 5.41) is 0. The second kappa shape index (κ2) is 3.72. The molecule has 1 nitrogen and oxygen atoms in total. The van der Waals surface area contributed by atoms with Crippen molar-refractivity contribution >= 4 is 5.69 Å². The Balaban J connectivity index is 3.42. The maximum absolute atomic E-state index is 12.9. The summed E-state index contributed by atoms with van der Waals surface area (Å²) < 4.78 is 50.5. The van der Waals surface area contributed by atoms with Crippen molar-refractivity contribution in [1.29, 1.82) is 0 Å². The molecular formula is C10H11F4N. The maximum Gasteiger partial charge on any atom is 0.416 e. The van der Waals surface area contributed by atoms with Crippen LogP contribution in [0.1, 0.15) is 30.9 Å². The average Bonchev–Trinajstić information content (AvgIpc) is 2.06. The number of nitrogens with two attached hydrogens (primary N) is 1.